The predicted molar refractivity (Wildman–Crippen MR) is 76.8 cm³/mol. The number of rotatable bonds is 3. The molecule has 1 fully saturated rings. The second-order valence-corrected chi connectivity index (χ2v) is 5.01. The number of hydrogen-bond donors (Lipinski definition) is 1. The van der Waals surface area contributed by atoms with Gasteiger partial charge in [0.1, 0.15) is 5.82 Å². The maximum absolute atomic E-state index is 11.9. The summed E-state index contributed by atoms with van der Waals surface area (Å²) in [6, 6.07) is 1.69. The smallest absolute Gasteiger partial charge is 0.340 e. The van der Waals surface area contributed by atoms with Crippen molar-refractivity contribution in [3.8, 4) is 0 Å². The molecule has 1 saturated heterocycles. The average Bonchev–Trinajstić information content (AvgIpc) is 2.38. The van der Waals surface area contributed by atoms with Crippen molar-refractivity contribution in [1.29, 1.82) is 0 Å². The molecule has 2 rings (SSSR count). The number of morpholine rings is 1. The van der Waals surface area contributed by atoms with Gasteiger partial charge in [0.15, 0.2) is 0 Å². The molecule has 0 saturated carbocycles. The highest BCUT2D eigenvalue weighted by Gasteiger charge is 2.24. The van der Waals surface area contributed by atoms with Gasteiger partial charge in [-0.1, -0.05) is 0 Å². The summed E-state index contributed by atoms with van der Waals surface area (Å²) in [6.45, 7) is 7.61. The van der Waals surface area contributed by atoms with Crippen molar-refractivity contribution in [1.82, 2.24) is 4.98 Å². The summed E-state index contributed by atoms with van der Waals surface area (Å²) in [7, 11) is 0. The zero-order chi connectivity index (χ0) is 14.7. The van der Waals surface area contributed by atoms with Gasteiger partial charge < -0.3 is 20.1 Å². The molecule has 0 bridgehead atoms. The molecule has 0 amide bonds. The quantitative estimate of drug-likeness (QED) is 0.844. The van der Waals surface area contributed by atoms with E-state index in [1.54, 1.807) is 13.0 Å². The van der Waals surface area contributed by atoms with Crippen molar-refractivity contribution in [2.75, 3.05) is 30.3 Å². The fourth-order valence-corrected chi connectivity index (χ4v) is 2.38. The monoisotopic (exact) mass is 279 g/mol. The molecule has 6 nitrogen and oxygen atoms in total. The Hall–Kier alpha value is -1.82. The van der Waals surface area contributed by atoms with Gasteiger partial charge in [-0.05, 0) is 26.8 Å². The number of aromatic nitrogens is 1. The third-order valence-electron chi connectivity index (χ3n) is 3.16. The molecule has 0 unspecified atom stereocenters. The van der Waals surface area contributed by atoms with Crippen LogP contribution in [0.5, 0.6) is 0 Å². The summed E-state index contributed by atoms with van der Waals surface area (Å²) in [4.78, 5) is 18.3. The van der Waals surface area contributed by atoms with E-state index >= 15 is 0 Å². The summed E-state index contributed by atoms with van der Waals surface area (Å²) in [5, 5.41) is 0. The van der Waals surface area contributed by atoms with Crippen LogP contribution in [0.2, 0.25) is 0 Å². The summed E-state index contributed by atoms with van der Waals surface area (Å²) < 4.78 is 10.7. The lowest BCUT2D eigenvalue weighted by Gasteiger charge is -2.36. The SMILES string of the molecule is CCOC(=O)c1cc(N2C[C@@H](C)O[C@@H](C)C2)ncc1N. The Balaban J connectivity index is 2.24. The predicted octanol–water partition coefficient (Wildman–Crippen LogP) is 1.45. The van der Waals surface area contributed by atoms with Crippen LogP contribution in [0.4, 0.5) is 11.5 Å². The van der Waals surface area contributed by atoms with E-state index in [0.717, 1.165) is 18.9 Å². The highest BCUT2D eigenvalue weighted by Crippen LogP contribution is 2.22. The number of esters is 1. The number of nitrogen functional groups attached to an aromatic ring is 1. The second-order valence-electron chi connectivity index (χ2n) is 5.01. The zero-order valence-corrected chi connectivity index (χ0v) is 12.1. The van der Waals surface area contributed by atoms with Crippen LogP contribution in [0.25, 0.3) is 0 Å². The van der Waals surface area contributed by atoms with E-state index in [2.05, 4.69) is 9.88 Å². The van der Waals surface area contributed by atoms with E-state index in [9.17, 15) is 4.79 Å². The van der Waals surface area contributed by atoms with Crippen LogP contribution in [0.3, 0.4) is 0 Å². The van der Waals surface area contributed by atoms with Gasteiger partial charge in [0.05, 0.1) is 36.3 Å². The van der Waals surface area contributed by atoms with Gasteiger partial charge in [-0.15, -0.1) is 0 Å². The van der Waals surface area contributed by atoms with Crippen LogP contribution < -0.4 is 10.6 Å². The molecule has 1 aliphatic heterocycles. The number of carbonyl (C=O) groups excluding carboxylic acids is 1. The molecular formula is C14H21N3O3. The van der Waals surface area contributed by atoms with E-state index < -0.39 is 5.97 Å². The molecular weight excluding hydrogens is 258 g/mol. The van der Waals surface area contributed by atoms with E-state index in [4.69, 9.17) is 15.2 Å². The number of pyridine rings is 1. The van der Waals surface area contributed by atoms with Crippen LogP contribution in [-0.2, 0) is 9.47 Å². The largest absolute Gasteiger partial charge is 0.462 e. The molecule has 2 heterocycles. The first kappa shape index (κ1) is 14.6. The van der Waals surface area contributed by atoms with Crippen molar-refractivity contribution >= 4 is 17.5 Å². The first-order valence-corrected chi connectivity index (χ1v) is 6.84. The maximum atomic E-state index is 11.9. The summed E-state index contributed by atoms with van der Waals surface area (Å²) in [6.07, 6.45) is 1.76. The van der Waals surface area contributed by atoms with Crippen molar-refractivity contribution in [3.63, 3.8) is 0 Å². The van der Waals surface area contributed by atoms with E-state index in [1.165, 1.54) is 6.20 Å². The second kappa shape index (κ2) is 6.09. The number of ether oxygens (including phenoxy) is 2. The molecule has 1 aromatic rings. The van der Waals surface area contributed by atoms with Crippen molar-refractivity contribution in [3.05, 3.63) is 17.8 Å². The van der Waals surface area contributed by atoms with Crippen LogP contribution in [0, 0.1) is 0 Å². The zero-order valence-electron chi connectivity index (χ0n) is 12.1. The molecule has 0 aromatic carbocycles. The number of nitrogens with zero attached hydrogens (tertiary/aromatic N) is 2. The van der Waals surface area contributed by atoms with Crippen molar-refractivity contribution in [2.24, 2.45) is 0 Å². The van der Waals surface area contributed by atoms with Crippen LogP contribution >= 0.6 is 0 Å². The lowest BCUT2D eigenvalue weighted by molar-refractivity contribution is -0.00545. The van der Waals surface area contributed by atoms with E-state index in [0.29, 0.717) is 17.9 Å². The molecule has 0 radical (unpaired) electrons. The standard InChI is InChI=1S/C14H21N3O3/c1-4-19-14(18)11-5-13(16-6-12(11)15)17-7-9(2)20-10(3)8-17/h5-6,9-10H,4,7-8,15H2,1-3H3/t9-,10+. The minimum Gasteiger partial charge on any atom is -0.462 e. The first-order chi connectivity index (χ1) is 9.51. The Morgan fingerprint density at radius 1 is 1.50 bits per heavy atom. The van der Waals surface area contributed by atoms with E-state index in [1.807, 2.05) is 13.8 Å². The number of nitrogens with two attached hydrogens (primary N) is 1. The third-order valence-corrected chi connectivity index (χ3v) is 3.16. The molecule has 2 N–H and O–H groups in total. The van der Waals surface area contributed by atoms with E-state index in [-0.39, 0.29) is 12.2 Å². The minimum atomic E-state index is -0.414. The number of anilines is 2. The highest BCUT2D eigenvalue weighted by molar-refractivity contribution is 5.95. The Labute approximate surface area is 118 Å². The summed E-state index contributed by atoms with van der Waals surface area (Å²) in [5.41, 5.74) is 6.50. The molecule has 20 heavy (non-hydrogen) atoms. The van der Waals surface area contributed by atoms with Gasteiger partial charge >= 0.3 is 5.97 Å². The van der Waals surface area contributed by atoms with Crippen molar-refractivity contribution < 1.29 is 14.3 Å². The molecule has 1 aliphatic rings. The van der Waals surface area contributed by atoms with Gasteiger partial charge in [0.25, 0.3) is 0 Å². The minimum absolute atomic E-state index is 0.129. The van der Waals surface area contributed by atoms with Crippen LogP contribution in [0.1, 0.15) is 31.1 Å². The van der Waals surface area contributed by atoms with Gasteiger partial charge in [0.2, 0.25) is 0 Å². The topological polar surface area (TPSA) is 77.7 Å². The number of hydrogen-bond acceptors (Lipinski definition) is 6. The lowest BCUT2D eigenvalue weighted by atomic mass is 10.2. The third kappa shape index (κ3) is 3.19. The fraction of sp³-hybridized carbons (Fsp3) is 0.571. The normalized spacial score (nSPS) is 22.6. The Kier molecular flexibility index (Phi) is 4.44. The van der Waals surface area contributed by atoms with Gasteiger partial charge in [0, 0.05) is 13.1 Å². The fourth-order valence-electron chi connectivity index (χ4n) is 2.38. The lowest BCUT2D eigenvalue weighted by Crippen LogP contribution is -2.45. The first-order valence-electron chi connectivity index (χ1n) is 6.84. The number of carbonyl (C=O) groups is 1. The summed E-state index contributed by atoms with van der Waals surface area (Å²) in [5.74, 6) is 0.312. The molecule has 6 heteroatoms. The maximum Gasteiger partial charge on any atom is 0.340 e. The van der Waals surface area contributed by atoms with Crippen LogP contribution in [0.15, 0.2) is 12.3 Å². The Morgan fingerprint density at radius 3 is 2.75 bits per heavy atom. The van der Waals surface area contributed by atoms with Gasteiger partial charge in [-0.3, -0.25) is 0 Å². The molecule has 0 spiro atoms. The molecule has 2 atom stereocenters. The summed E-state index contributed by atoms with van der Waals surface area (Å²) >= 11 is 0. The highest BCUT2D eigenvalue weighted by atomic mass is 16.5. The average molecular weight is 279 g/mol. The Morgan fingerprint density at radius 2 is 2.15 bits per heavy atom. The van der Waals surface area contributed by atoms with Gasteiger partial charge in [-0.25, -0.2) is 9.78 Å². The Bertz CT molecular complexity index is 483. The van der Waals surface area contributed by atoms with Crippen LogP contribution in [-0.4, -0.2) is 42.9 Å². The molecule has 1 aromatic heterocycles. The molecule has 110 valence electrons. The van der Waals surface area contributed by atoms with Crippen molar-refractivity contribution in [2.45, 2.75) is 33.0 Å². The van der Waals surface area contributed by atoms with Gasteiger partial charge in [-0.2, -0.15) is 0 Å². The molecule has 0 aliphatic carbocycles.